The lowest BCUT2D eigenvalue weighted by Gasteiger charge is -2.54. The highest BCUT2D eigenvalue weighted by atomic mass is 16.4. The van der Waals surface area contributed by atoms with E-state index >= 15 is 0 Å². The molecular weight excluding hydrogens is 378 g/mol. The van der Waals surface area contributed by atoms with E-state index in [4.69, 9.17) is 0 Å². The Morgan fingerprint density at radius 3 is 1.87 bits per heavy atom. The van der Waals surface area contributed by atoms with Crippen LogP contribution in [0.15, 0.2) is 78.9 Å². The number of amides is 2. The number of para-hydroxylation sites is 1. The molecular formula is C25H16NO4-. The normalized spacial score (nSPS) is 28.1. The van der Waals surface area contributed by atoms with Crippen molar-refractivity contribution >= 4 is 23.5 Å². The Hall–Kier alpha value is -3.73. The third-order valence-electron chi connectivity index (χ3n) is 6.95. The van der Waals surface area contributed by atoms with Gasteiger partial charge in [0.05, 0.1) is 28.9 Å². The van der Waals surface area contributed by atoms with Gasteiger partial charge in [0.1, 0.15) is 0 Å². The summed E-state index contributed by atoms with van der Waals surface area (Å²) in [4.78, 5) is 41.4. The van der Waals surface area contributed by atoms with Gasteiger partial charge < -0.3 is 9.90 Å². The zero-order chi connectivity index (χ0) is 20.6. The first-order valence-electron chi connectivity index (χ1n) is 9.91. The van der Waals surface area contributed by atoms with Crippen molar-refractivity contribution in [1.29, 1.82) is 0 Å². The van der Waals surface area contributed by atoms with Crippen LogP contribution in [0.3, 0.4) is 0 Å². The molecule has 1 fully saturated rings. The Morgan fingerprint density at radius 1 is 0.767 bits per heavy atom. The summed E-state index contributed by atoms with van der Waals surface area (Å²) in [5.41, 5.74) is 1.47. The quantitative estimate of drug-likeness (QED) is 0.623. The van der Waals surface area contributed by atoms with Crippen molar-refractivity contribution in [1.82, 2.24) is 0 Å². The van der Waals surface area contributed by atoms with Gasteiger partial charge in [0.25, 0.3) is 0 Å². The van der Waals surface area contributed by atoms with Gasteiger partial charge in [-0.15, -0.1) is 0 Å². The van der Waals surface area contributed by atoms with Gasteiger partial charge in [-0.1, -0.05) is 66.7 Å². The van der Waals surface area contributed by atoms with Crippen LogP contribution in [0.4, 0.5) is 5.69 Å². The van der Waals surface area contributed by atoms with Crippen LogP contribution in [0.25, 0.3) is 0 Å². The second kappa shape index (κ2) is 5.66. The van der Waals surface area contributed by atoms with Gasteiger partial charge in [0.15, 0.2) is 0 Å². The Kier molecular flexibility index (Phi) is 3.24. The third kappa shape index (κ3) is 1.77. The summed E-state index contributed by atoms with van der Waals surface area (Å²) >= 11 is 0. The van der Waals surface area contributed by atoms with Gasteiger partial charge in [0, 0.05) is 5.92 Å². The number of rotatable bonds is 2. The van der Waals surface area contributed by atoms with Crippen molar-refractivity contribution in [3.8, 4) is 0 Å². The number of carbonyl (C=O) groups is 3. The van der Waals surface area contributed by atoms with Crippen molar-refractivity contribution in [2.45, 2.75) is 11.3 Å². The minimum Gasteiger partial charge on any atom is -0.549 e. The van der Waals surface area contributed by atoms with E-state index in [2.05, 4.69) is 0 Å². The van der Waals surface area contributed by atoms with Crippen LogP contribution >= 0.6 is 0 Å². The third-order valence-corrected chi connectivity index (χ3v) is 6.95. The van der Waals surface area contributed by atoms with E-state index in [1.807, 2.05) is 24.3 Å². The molecule has 2 bridgehead atoms. The molecule has 2 atom stereocenters. The first-order chi connectivity index (χ1) is 14.6. The first kappa shape index (κ1) is 17.2. The van der Waals surface area contributed by atoms with E-state index in [1.54, 1.807) is 54.6 Å². The highest BCUT2D eigenvalue weighted by Gasteiger charge is 2.68. The molecule has 1 saturated heterocycles. The van der Waals surface area contributed by atoms with Crippen LogP contribution in [0.1, 0.15) is 28.2 Å². The van der Waals surface area contributed by atoms with Gasteiger partial charge in [-0.2, -0.15) is 0 Å². The number of hydrogen-bond donors (Lipinski definition) is 0. The summed E-state index contributed by atoms with van der Waals surface area (Å²) in [6.45, 7) is 0. The minimum atomic E-state index is -1.69. The van der Waals surface area contributed by atoms with Crippen molar-refractivity contribution in [2.24, 2.45) is 11.8 Å². The lowest BCUT2D eigenvalue weighted by molar-refractivity contribution is -0.314. The molecule has 5 heteroatoms. The topological polar surface area (TPSA) is 77.5 Å². The van der Waals surface area contributed by atoms with Crippen LogP contribution in [-0.2, 0) is 19.8 Å². The molecule has 3 aromatic rings. The summed E-state index contributed by atoms with van der Waals surface area (Å²) < 4.78 is 0. The molecule has 30 heavy (non-hydrogen) atoms. The number of nitrogens with zero attached hydrogens (tertiary/aromatic N) is 1. The summed E-state index contributed by atoms with van der Waals surface area (Å²) in [5.74, 6) is -4.35. The largest absolute Gasteiger partial charge is 0.549 e. The number of carboxylic acids is 1. The molecule has 0 saturated carbocycles. The molecule has 0 spiro atoms. The molecule has 3 aromatic carbocycles. The fraction of sp³-hybridized carbons (Fsp3) is 0.160. The number of hydrogen-bond acceptors (Lipinski definition) is 4. The minimum absolute atomic E-state index is 0.351. The molecule has 4 aliphatic rings. The first-order valence-corrected chi connectivity index (χ1v) is 9.91. The Morgan fingerprint density at radius 2 is 1.30 bits per heavy atom. The number of benzene rings is 3. The smallest absolute Gasteiger partial charge is 0.239 e. The zero-order valence-corrected chi connectivity index (χ0v) is 15.8. The van der Waals surface area contributed by atoms with Crippen LogP contribution in [0.2, 0.25) is 0 Å². The Balaban J connectivity index is 1.70. The number of anilines is 1. The number of carbonyl (C=O) groups excluding carboxylic acids is 3. The summed E-state index contributed by atoms with van der Waals surface area (Å²) in [6.07, 6.45) is 0. The molecule has 2 amide bonds. The average Bonchev–Trinajstić information content (AvgIpc) is 3.05. The van der Waals surface area contributed by atoms with Crippen molar-refractivity contribution < 1.29 is 19.5 Å². The summed E-state index contributed by atoms with van der Waals surface area (Å²) in [5, 5.41) is 12.9. The van der Waals surface area contributed by atoms with Crippen LogP contribution in [0, 0.1) is 11.8 Å². The van der Waals surface area contributed by atoms with Crippen LogP contribution in [-0.4, -0.2) is 17.8 Å². The van der Waals surface area contributed by atoms with E-state index in [0.717, 1.165) is 16.0 Å². The highest BCUT2D eigenvalue weighted by Crippen LogP contribution is 2.64. The predicted molar refractivity (Wildman–Crippen MR) is 106 cm³/mol. The molecule has 146 valence electrons. The highest BCUT2D eigenvalue weighted by molar-refractivity contribution is 6.25. The van der Waals surface area contributed by atoms with E-state index in [-0.39, 0.29) is 11.8 Å². The van der Waals surface area contributed by atoms with Crippen molar-refractivity contribution in [3.63, 3.8) is 0 Å². The average molecular weight is 394 g/mol. The second-order valence-electron chi connectivity index (χ2n) is 8.10. The number of aliphatic carboxylic acids is 1. The van der Waals surface area contributed by atoms with Crippen LogP contribution in [0.5, 0.6) is 0 Å². The monoisotopic (exact) mass is 394 g/mol. The second-order valence-corrected chi connectivity index (χ2v) is 8.10. The molecule has 0 aromatic heterocycles. The van der Waals surface area contributed by atoms with Crippen LogP contribution < -0.4 is 10.0 Å². The fourth-order valence-corrected chi connectivity index (χ4v) is 5.95. The lowest BCUT2D eigenvalue weighted by Crippen LogP contribution is -2.61. The van der Waals surface area contributed by atoms with Gasteiger partial charge in [-0.3, -0.25) is 9.59 Å². The maximum atomic E-state index is 13.7. The summed E-state index contributed by atoms with van der Waals surface area (Å²) in [6, 6.07) is 23.2. The van der Waals surface area contributed by atoms with Gasteiger partial charge >= 0.3 is 0 Å². The van der Waals surface area contributed by atoms with E-state index < -0.39 is 29.1 Å². The Bertz CT molecular complexity index is 1200. The predicted octanol–water partition coefficient (Wildman–Crippen LogP) is 1.99. The standard InChI is InChI=1S/C25H17NO4/c27-22-20-19-15-10-4-6-12-17(15)25(24(29)30,18-13-7-5-11-16(18)19)21(20)23(28)26(22)14-8-2-1-3-9-14/h1-13,19-21H,(H,29,30)/p-1/t19?,20-,21+,25?/m0/s1. The van der Waals surface area contributed by atoms with Gasteiger partial charge in [0.2, 0.25) is 11.8 Å². The van der Waals surface area contributed by atoms with Crippen molar-refractivity contribution in [3.05, 3.63) is 101 Å². The SMILES string of the molecule is O=C1[C@H]2C3c4ccccc4C(C(=O)[O-])(c4ccccc43)[C@H]2C(=O)N1c1ccccc1. The maximum absolute atomic E-state index is 13.7. The molecule has 0 radical (unpaired) electrons. The zero-order valence-electron chi connectivity index (χ0n) is 15.8. The molecule has 0 N–H and O–H groups in total. The van der Waals surface area contributed by atoms with Gasteiger partial charge in [-0.25, -0.2) is 4.90 Å². The summed E-state index contributed by atoms with van der Waals surface area (Å²) in [7, 11) is 0. The van der Waals surface area contributed by atoms with Gasteiger partial charge in [-0.05, 0) is 34.4 Å². The lowest BCUT2D eigenvalue weighted by atomic mass is 9.47. The Labute approximate surface area is 172 Å². The van der Waals surface area contributed by atoms with E-state index in [1.165, 1.54) is 0 Å². The molecule has 7 rings (SSSR count). The van der Waals surface area contributed by atoms with E-state index in [0.29, 0.717) is 16.8 Å². The maximum Gasteiger partial charge on any atom is 0.239 e. The number of carboxylic acid groups (broad SMARTS) is 1. The fourth-order valence-electron chi connectivity index (χ4n) is 5.95. The molecule has 1 heterocycles. The molecule has 5 nitrogen and oxygen atoms in total. The molecule has 1 aliphatic heterocycles. The number of imide groups is 1. The molecule has 3 aliphatic carbocycles. The van der Waals surface area contributed by atoms with E-state index in [9.17, 15) is 19.5 Å². The van der Waals surface area contributed by atoms with Crippen molar-refractivity contribution in [2.75, 3.05) is 4.90 Å². The molecule has 0 unspecified atom stereocenters.